The van der Waals surface area contributed by atoms with Crippen molar-refractivity contribution in [3.8, 4) is 0 Å². The zero-order valence-corrected chi connectivity index (χ0v) is 16.7. The van der Waals surface area contributed by atoms with Gasteiger partial charge in [0.15, 0.2) is 5.71 Å². The van der Waals surface area contributed by atoms with Crippen molar-refractivity contribution in [1.29, 1.82) is 5.41 Å². The molecule has 0 bridgehead atoms. The first-order valence-electron chi connectivity index (χ1n) is 9.67. The standard InChI is InChI=1S/C20H26F3N5O2/c1-19(7-9-25-10-8-19)18(30)27-12-11-26-17(29)15(16(24)20(21,22)23)13-28-14-5-3-2-4-6-14/h2-6,13,24-25,28H,7-12H2,1H3,(H,26,29)(H,27,30)/p+1/b15-13+,24-16?. The van der Waals surface area contributed by atoms with Gasteiger partial charge in [-0.3, -0.25) is 20.3 Å². The highest BCUT2D eigenvalue weighted by atomic mass is 19.4. The molecule has 30 heavy (non-hydrogen) atoms. The zero-order chi connectivity index (χ0) is 22.2. The zero-order valence-electron chi connectivity index (χ0n) is 16.7. The Morgan fingerprint density at radius 3 is 2.37 bits per heavy atom. The van der Waals surface area contributed by atoms with Crippen molar-refractivity contribution in [3.05, 3.63) is 42.1 Å². The summed E-state index contributed by atoms with van der Waals surface area (Å²) in [6, 6.07) is 8.51. The number of hydrogen-bond acceptors (Lipinski definition) is 4. The van der Waals surface area contributed by atoms with Crippen LogP contribution in [0, 0.1) is 10.8 Å². The number of carbonyl (C=O) groups excluding carboxylic acids is 2. The lowest BCUT2D eigenvalue weighted by Gasteiger charge is -2.32. The van der Waals surface area contributed by atoms with Crippen LogP contribution in [0.15, 0.2) is 42.1 Å². The predicted octanol–water partition coefficient (Wildman–Crippen LogP) is 0.970. The third kappa shape index (κ3) is 6.67. The second-order valence-electron chi connectivity index (χ2n) is 7.35. The lowest BCUT2D eigenvalue weighted by atomic mass is 9.80. The summed E-state index contributed by atoms with van der Waals surface area (Å²) >= 11 is 0. The molecule has 1 aromatic carbocycles. The lowest BCUT2D eigenvalue weighted by molar-refractivity contribution is -0.496. The molecule has 7 nitrogen and oxygen atoms in total. The van der Waals surface area contributed by atoms with E-state index in [2.05, 4.69) is 16.0 Å². The summed E-state index contributed by atoms with van der Waals surface area (Å²) in [5.41, 5.74) is -2.41. The van der Waals surface area contributed by atoms with Crippen molar-refractivity contribution in [2.75, 3.05) is 26.2 Å². The number of piperidine rings is 1. The number of halogens is 3. The maximum absolute atomic E-state index is 13.0. The van der Waals surface area contributed by atoms with Gasteiger partial charge in [0.25, 0.3) is 5.91 Å². The number of alkyl halides is 3. The van der Waals surface area contributed by atoms with Crippen LogP contribution in [-0.4, -0.2) is 49.9 Å². The van der Waals surface area contributed by atoms with E-state index in [4.69, 9.17) is 5.41 Å². The number of rotatable bonds is 8. The van der Waals surface area contributed by atoms with Gasteiger partial charge in [-0.2, -0.15) is 13.2 Å². The maximum atomic E-state index is 13.0. The monoisotopic (exact) mass is 426 g/mol. The van der Waals surface area contributed by atoms with E-state index in [0.717, 1.165) is 19.3 Å². The Balaban J connectivity index is 1.93. The van der Waals surface area contributed by atoms with E-state index in [-0.39, 0.29) is 19.0 Å². The van der Waals surface area contributed by atoms with Gasteiger partial charge in [-0.25, -0.2) is 0 Å². The topological polar surface area (TPSA) is 111 Å². The maximum Gasteiger partial charge on any atom is 0.433 e. The van der Waals surface area contributed by atoms with Crippen LogP contribution >= 0.6 is 0 Å². The van der Waals surface area contributed by atoms with Gasteiger partial charge in [-0.15, -0.1) is 0 Å². The first-order valence-corrected chi connectivity index (χ1v) is 9.67. The number of para-hydroxylation sites is 1. The van der Waals surface area contributed by atoms with E-state index in [1.54, 1.807) is 30.3 Å². The van der Waals surface area contributed by atoms with E-state index < -0.39 is 28.8 Å². The van der Waals surface area contributed by atoms with Crippen molar-refractivity contribution in [3.63, 3.8) is 0 Å². The van der Waals surface area contributed by atoms with Crippen LogP contribution in [0.25, 0.3) is 0 Å². The van der Waals surface area contributed by atoms with Gasteiger partial charge in [0.1, 0.15) is 17.5 Å². The summed E-state index contributed by atoms with van der Waals surface area (Å²) < 4.78 is 39.0. The van der Waals surface area contributed by atoms with E-state index in [0.29, 0.717) is 18.5 Å². The molecule has 164 valence electrons. The van der Waals surface area contributed by atoms with Crippen LogP contribution in [0.3, 0.4) is 0 Å². The molecule has 0 atom stereocenters. The first-order chi connectivity index (χ1) is 14.1. The van der Waals surface area contributed by atoms with E-state index in [1.165, 1.54) is 5.32 Å². The molecule has 1 fully saturated rings. The molecule has 0 radical (unpaired) electrons. The molecule has 10 heteroatoms. The minimum atomic E-state index is -4.95. The van der Waals surface area contributed by atoms with E-state index in [1.807, 2.05) is 6.92 Å². The average molecular weight is 426 g/mol. The molecule has 6 N–H and O–H groups in total. The van der Waals surface area contributed by atoms with Gasteiger partial charge >= 0.3 is 6.18 Å². The Kier molecular flexibility index (Phi) is 8.13. The van der Waals surface area contributed by atoms with Crippen LogP contribution in [0.4, 0.5) is 18.9 Å². The fourth-order valence-electron chi connectivity index (χ4n) is 3.04. The number of hydrogen-bond donors (Lipinski definition) is 5. The molecule has 1 aliphatic rings. The summed E-state index contributed by atoms with van der Waals surface area (Å²) in [6.45, 7) is 3.39. The Hall–Kier alpha value is -2.72. The summed E-state index contributed by atoms with van der Waals surface area (Å²) in [5.74, 6) is -1.17. The molecule has 2 amide bonds. The fraction of sp³-hybridized carbons (Fsp3) is 0.450. The molecule has 0 spiro atoms. The summed E-state index contributed by atoms with van der Waals surface area (Å²) in [7, 11) is 0. The molecule has 0 unspecified atom stereocenters. The van der Waals surface area contributed by atoms with Crippen molar-refractivity contribution >= 4 is 23.2 Å². The molecule has 0 aliphatic carbocycles. The molecule has 2 rings (SSSR count). The van der Waals surface area contributed by atoms with E-state index in [9.17, 15) is 22.8 Å². The van der Waals surface area contributed by atoms with Gasteiger partial charge in [0, 0.05) is 18.5 Å². The number of amides is 2. The number of benzene rings is 1. The number of nitrogens with two attached hydrogens (primary N) is 1. The quantitative estimate of drug-likeness (QED) is 0.185. The van der Waals surface area contributed by atoms with Crippen molar-refractivity contribution in [2.45, 2.75) is 25.9 Å². The molecular formula is C20H27F3N5O2+. The number of nitrogens with one attached hydrogen (secondary N) is 4. The highest BCUT2D eigenvalue weighted by molar-refractivity contribution is 6.22. The molecular weight excluding hydrogens is 399 g/mol. The van der Waals surface area contributed by atoms with Crippen LogP contribution < -0.4 is 21.3 Å². The number of quaternary nitrogens is 1. The van der Waals surface area contributed by atoms with Crippen molar-refractivity contribution < 1.29 is 28.1 Å². The molecule has 1 heterocycles. The molecule has 1 aliphatic heterocycles. The average Bonchev–Trinajstić information content (AvgIpc) is 2.71. The molecule has 1 aromatic rings. The summed E-state index contributed by atoms with van der Waals surface area (Å²) in [6.07, 6.45) is -2.59. The van der Waals surface area contributed by atoms with E-state index >= 15 is 0 Å². The Morgan fingerprint density at radius 2 is 1.77 bits per heavy atom. The third-order valence-electron chi connectivity index (χ3n) is 4.99. The minimum Gasteiger partial charge on any atom is -0.354 e. The largest absolute Gasteiger partial charge is 0.433 e. The first kappa shape index (κ1) is 23.6. The van der Waals surface area contributed by atoms with Gasteiger partial charge in [0.05, 0.1) is 0 Å². The third-order valence-corrected chi connectivity index (χ3v) is 4.99. The Bertz CT molecular complexity index is 787. The van der Waals surface area contributed by atoms with Gasteiger partial charge in [-0.1, -0.05) is 25.1 Å². The van der Waals surface area contributed by atoms with Crippen molar-refractivity contribution in [1.82, 2.24) is 16.0 Å². The van der Waals surface area contributed by atoms with Crippen LogP contribution in [0.5, 0.6) is 0 Å². The summed E-state index contributed by atoms with van der Waals surface area (Å²) in [5, 5.41) is 16.9. The highest BCUT2D eigenvalue weighted by Gasteiger charge is 2.40. The van der Waals surface area contributed by atoms with Crippen LogP contribution in [-0.2, 0) is 9.59 Å². The normalized spacial score (nSPS) is 16.6. The lowest BCUT2D eigenvalue weighted by Crippen LogP contribution is -2.72. The van der Waals surface area contributed by atoms with Crippen molar-refractivity contribution in [2.24, 2.45) is 5.41 Å². The predicted molar refractivity (Wildman–Crippen MR) is 106 cm³/mol. The van der Waals surface area contributed by atoms with Gasteiger partial charge < -0.3 is 16.0 Å². The van der Waals surface area contributed by atoms with Crippen LogP contribution in [0.2, 0.25) is 0 Å². The van der Waals surface area contributed by atoms with Crippen LogP contribution in [0.1, 0.15) is 19.8 Å². The fourth-order valence-corrected chi connectivity index (χ4v) is 3.04. The summed E-state index contributed by atoms with van der Waals surface area (Å²) in [4.78, 5) is 24.6. The number of carbonyl (C=O) groups is 2. The smallest absolute Gasteiger partial charge is 0.354 e. The highest BCUT2D eigenvalue weighted by Crippen LogP contribution is 2.27. The van der Waals surface area contributed by atoms with Gasteiger partial charge in [0.2, 0.25) is 5.91 Å². The second kappa shape index (κ2) is 10.4. The molecule has 0 aromatic heterocycles. The Morgan fingerprint density at radius 1 is 1.17 bits per heavy atom. The van der Waals surface area contributed by atoms with Gasteiger partial charge in [-0.05, 0) is 38.1 Å². The minimum absolute atomic E-state index is 0.0489. The molecule has 0 saturated carbocycles. The Labute approximate surface area is 173 Å². The molecule has 1 saturated heterocycles. The SMILES string of the molecule is CC1(C(=O)NCCNC(=O)/C(=C/[NH2+]c2ccccc2)C(=N)C(F)(F)F)CCNCC1. The second-order valence-corrected chi connectivity index (χ2v) is 7.35.